The fourth-order valence-electron chi connectivity index (χ4n) is 1.64. The number of Topliss-reactive ketones (excluding diaryl/α,β-unsaturated/α-hetero) is 1. The number of ketones is 1. The van der Waals surface area contributed by atoms with Gasteiger partial charge in [0.25, 0.3) is 0 Å². The number of nitrogens with zero attached hydrogens (tertiary/aromatic N) is 1. The lowest BCUT2D eigenvalue weighted by atomic mass is 10.0. The van der Waals surface area contributed by atoms with E-state index in [4.69, 9.17) is 23.1 Å². The lowest BCUT2D eigenvalue weighted by Crippen LogP contribution is -2.08. The fourth-order valence-corrected chi connectivity index (χ4v) is 1.82. The number of halogens is 1. The molecule has 18 heavy (non-hydrogen) atoms. The Kier molecular flexibility index (Phi) is 3.48. The van der Waals surface area contributed by atoms with Gasteiger partial charge in [0.15, 0.2) is 5.78 Å². The summed E-state index contributed by atoms with van der Waals surface area (Å²) in [6, 6.07) is 6.47. The third-order valence-electron chi connectivity index (χ3n) is 2.61. The van der Waals surface area contributed by atoms with Gasteiger partial charge in [-0.3, -0.25) is 9.78 Å². The van der Waals surface area contributed by atoms with E-state index < -0.39 is 0 Å². The van der Waals surface area contributed by atoms with Crippen LogP contribution in [0.5, 0.6) is 0 Å². The van der Waals surface area contributed by atoms with Gasteiger partial charge in [0.2, 0.25) is 0 Å². The summed E-state index contributed by atoms with van der Waals surface area (Å²) in [7, 11) is 0. The number of nitrogen functional groups attached to an aromatic ring is 2. The van der Waals surface area contributed by atoms with Crippen LogP contribution in [0.1, 0.15) is 15.9 Å². The number of hydrogen-bond donors (Lipinski definition) is 2. The van der Waals surface area contributed by atoms with E-state index in [9.17, 15) is 4.79 Å². The van der Waals surface area contributed by atoms with Crippen molar-refractivity contribution < 1.29 is 4.79 Å². The van der Waals surface area contributed by atoms with Gasteiger partial charge in [-0.25, -0.2) is 0 Å². The van der Waals surface area contributed by atoms with Gasteiger partial charge < -0.3 is 11.5 Å². The minimum absolute atomic E-state index is 0.108. The molecule has 2 rings (SSSR count). The van der Waals surface area contributed by atoms with Crippen LogP contribution in [0.3, 0.4) is 0 Å². The Labute approximate surface area is 110 Å². The topological polar surface area (TPSA) is 82.0 Å². The number of aromatic nitrogens is 1. The molecule has 0 amide bonds. The average molecular weight is 262 g/mol. The number of rotatable bonds is 3. The first-order valence-corrected chi connectivity index (χ1v) is 5.72. The molecule has 0 aliphatic rings. The first kappa shape index (κ1) is 12.4. The maximum Gasteiger partial charge on any atom is 0.169 e. The van der Waals surface area contributed by atoms with Crippen molar-refractivity contribution in [3.05, 3.63) is 52.8 Å². The summed E-state index contributed by atoms with van der Waals surface area (Å²) in [5.41, 5.74) is 13.6. The standard InChI is InChI=1S/C13H12ClN3O/c14-9-1-2-10(12(16)6-9)13(18)5-8-7-17-4-3-11(8)15/h1-4,6-7H,5,16H2,(H2,15,17). The van der Waals surface area contributed by atoms with Crippen molar-refractivity contribution in [1.29, 1.82) is 0 Å². The second-order valence-electron chi connectivity index (χ2n) is 3.91. The molecular formula is C13H12ClN3O. The van der Waals surface area contributed by atoms with Crippen LogP contribution in [0.15, 0.2) is 36.7 Å². The van der Waals surface area contributed by atoms with Crippen molar-refractivity contribution in [2.75, 3.05) is 11.5 Å². The first-order chi connectivity index (χ1) is 8.58. The number of pyridine rings is 1. The Morgan fingerprint density at radius 2 is 2.00 bits per heavy atom. The monoisotopic (exact) mass is 261 g/mol. The van der Waals surface area contributed by atoms with Crippen molar-refractivity contribution >= 4 is 28.8 Å². The van der Waals surface area contributed by atoms with Crippen molar-refractivity contribution in [1.82, 2.24) is 4.98 Å². The minimum Gasteiger partial charge on any atom is -0.398 e. The Morgan fingerprint density at radius 1 is 1.22 bits per heavy atom. The summed E-state index contributed by atoms with van der Waals surface area (Å²) in [5.74, 6) is -0.108. The quantitative estimate of drug-likeness (QED) is 0.656. The van der Waals surface area contributed by atoms with Crippen molar-refractivity contribution in [2.24, 2.45) is 0 Å². The van der Waals surface area contributed by atoms with Crippen molar-refractivity contribution in [3.8, 4) is 0 Å². The fraction of sp³-hybridized carbons (Fsp3) is 0.0769. The number of carbonyl (C=O) groups excluding carboxylic acids is 1. The summed E-state index contributed by atoms with van der Waals surface area (Å²) < 4.78 is 0. The van der Waals surface area contributed by atoms with Gasteiger partial charge in [-0.1, -0.05) is 11.6 Å². The second kappa shape index (κ2) is 5.06. The number of hydrogen-bond acceptors (Lipinski definition) is 4. The molecule has 4 nitrogen and oxygen atoms in total. The van der Waals surface area contributed by atoms with Gasteiger partial charge >= 0.3 is 0 Å². The van der Waals surface area contributed by atoms with Crippen molar-refractivity contribution in [3.63, 3.8) is 0 Å². The summed E-state index contributed by atoms with van der Waals surface area (Å²) in [4.78, 5) is 16.0. The molecule has 0 saturated carbocycles. The number of benzene rings is 1. The van der Waals surface area contributed by atoms with Crippen LogP contribution in [0.4, 0.5) is 11.4 Å². The van der Waals surface area contributed by atoms with Crippen molar-refractivity contribution in [2.45, 2.75) is 6.42 Å². The number of carbonyl (C=O) groups is 1. The van der Waals surface area contributed by atoms with E-state index in [1.54, 1.807) is 36.7 Å². The normalized spacial score (nSPS) is 10.3. The molecule has 4 N–H and O–H groups in total. The van der Waals surface area contributed by atoms with E-state index in [2.05, 4.69) is 4.98 Å². The highest BCUT2D eigenvalue weighted by atomic mass is 35.5. The molecule has 0 unspecified atom stereocenters. The zero-order valence-electron chi connectivity index (χ0n) is 9.56. The molecular weight excluding hydrogens is 250 g/mol. The third-order valence-corrected chi connectivity index (χ3v) is 2.84. The Hall–Kier alpha value is -2.07. The molecule has 1 aromatic carbocycles. The van der Waals surface area contributed by atoms with Gasteiger partial charge in [0.1, 0.15) is 0 Å². The van der Waals surface area contributed by atoms with Crippen LogP contribution in [0.2, 0.25) is 5.02 Å². The molecule has 1 aromatic heterocycles. The zero-order valence-corrected chi connectivity index (χ0v) is 10.3. The predicted octanol–water partition coefficient (Wildman–Crippen LogP) is 2.32. The molecule has 1 heterocycles. The van der Waals surface area contributed by atoms with E-state index >= 15 is 0 Å². The highest BCUT2D eigenvalue weighted by Gasteiger charge is 2.12. The van der Waals surface area contributed by atoms with Crippen LogP contribution in [-0.2, 0) is 6.42 Å². The zero-order chi connectivity index (χ0) is 13.1. The van der Waals surface area contributed by atoms with E-state index in [1.165, 1.54) is 0 Å². The molecule has 92 valence electrons. The molecule has 0 aliphatic carbocycles. The highest BCUT2D eigenvalue weighted by molar-refractivity contribution is 6.31. The van der Waals surface area contributed by atoms with Gasteiger partial charge in [0, 0.05) is 46.3 Å². The molecule has 5 heteroatoms. The SMILES string of the molecule is Nc1ccncc1CC(=O)c1ccc(Cl)cc1N. The van der Waals surface area contributed by atoms with Crippen LogP contribution >= 0.6 is 11.6 Å². The van der Waals surface area contributed by atoms with Crippen LogP contribution in [0, 0.1) is 0 Å². The lowest BCUT2D eigenvalue weighted by Gasteiger charge is -2.06. The summed E-state index contributed by atoms with van der Waals surface area (Å²) >= 11 is 5.79. The Bertz CT molecular complexity index is 599. The summed E-state index contributed by atoms with van der Waals surface area (Å²) in [6.45, 7) is 0. The van der Waals surface area contributed by atoms with Crippen LogP contribution in [-0.4, -0.2) is 10.8 Å². The summed E-state index contributed by atoms with van der Waals surface area (Å²) in [6.07, 6.45) is 3.34. The van der Waals surface area contributed by atoms with E-state index in [0.29, 0.717) is 27.5 Å². The maximum atomic E-state index is 12.1. The number of anilines is 2. The number of nitrogens with two attached hydrogens (primary N) is 2. The highest BCUT2D eigenvalue weighted by Crippen LogP contribution is 2.20. The smallest absolute Gasteiger partial charge is 0.169 e. The lowest BCUT2D eigenvalue weighted by molar-refractivity contribution is 0.0994. The second-order valence-corrected chi connectivity index (χ2v) is 4.34. The van der Waals surface area contributed by atoms with Gasteiger partial charge in [0.05, 0.1) is 0 Å². The molecule has 0 saturated heterocycles. The molecule has 2 aromatic rings. The molecule has 0 atom stereocenters. The van der Waals surface area contributed by atoms with Gasteiger partial charge in [-0.05, 0) is 24.3 Å². The Morgan fingerprint density at radius 3 is 2.67 bits per heavy atom. The molecule has 0 bridgehead atoms. The predicted molar refractivity (Wildman–Crippen MR) is 72.5 cm³/mol. The first-order valence-electron chi connectivity index (χ1n) is 5.34. The van der Waals surface area contributed by atoms with Gasteiger partial charge in [-0.15, -0.1) is 0 Å². The molecule has 0 spiro atoms. The van der Waals surface area contributed by atoms with E-state index in [0.717, 1.165) is 0 Å². The molecule has 0 radical (unpaired) electrons. The summed E-state index contributed by atoms with van der Waals surface area (Å²) in [5, 5.41) is 0.505. The van der Waals surface area contributed by atoms with E-state index in [1.807, 2.05) is 0 Å². The maximum absolute atomic E-state index is 12.1. The molecule has 0 fully saturated rings. The largest absolute Gasteiger partial charge is 0.398 e. The van der Waals surface area contributed by atoms with Crippen LogP contribution < -0.4 is 11.5 Å². The average Bonchev–Trinajstić information content (AvgIpc) is 2.32. The molecule has 0 aliphatic heterocycles. The third kappa shape index (κ3) is 2.60. The van der Waals surface area contributed by atoms with Gasteiger partial charge in [-0.2, -0.15) is 0 Å². The Balaban J connectivity index is 2.25. The minimum atomic E-state index is -0.108. The van der Waals surface area contributed by atoms with E-state index in [-0.39, 0.29) is 12.2 Å². The van der Waals surface area contributed by atoms with Crippen LogP contribution in [0.25, 0.3) is 0 Å².